The molecule has 15 heavy (non-hydrogen) atoms. The van der Waals surface area contributed by atoms with Crippen LogP contribution in [0.1, 0.15) is 11.4 Å². The minimum absolute atomic E-state index is 0.486. The molecular formula is C10H9N3O2. The fourth-order valence-electron chi connectivity index (χ4n) is 1.40. The van der Waals surface area contributed by atoms with Crippen LogP contribution in [0.2, 0.25) is 0 Å². The smallest absolute Gasteiger partial charge is 0.235 e. The molecule has 0 aliphatic heterocycles. The van der Waals surface area contributed by atoms with Gasteiger partial charge in [0, 0.05) is 6.08 Å². The summed E-state index contributed by atoms with van der Waals surface area (Å²) in [4.78, 5) is 17.0. The fourth-order valence-corrected chi connectivity index (χ4v) is 1.40. The van der Waals surface area contributed by atoms with E-state index in [1.807, 2.05) is 13.0 Å². The molecule has 0 aliphatic carbocycles. The second-order valence-electron chi connectivity index (χ2n) is 3.20. The predicted octanol–water partition coefficient (Wildman–Crippen LogP) is 2.12. The molecule has 2 rings (SSSR count). The fraction of sp³-hybridized carbons (Fsp3) is 0.100. The molecule has 5 heteroatoms. The molecule has 0 atom stereocenters. The van der Waals surface area contributed by atoms with Crippen LogP contribution >= 0.6 is 0 Å². The average molecular weight is 203 g/mol. The summed E-state index contributed by atoms with van der Waals surface area (Å²) >= 11 is 0. The molecule has 76 valence electrons. The Morgan fingerprint density at radius 1 is 1.53 bits per heavy atom. The van der Waals surface area contributed by atoms with E-state index in [1.54, 1.807) is 12.1 Å². The molecule has 1 N–H and O–H groups in total. The van der Waals surface area contributed by atoms with Crippen molar-refractivity contribution >= 4 is 17.1 Å². The summed E-state index contributed by atoms with van der Waals surface area (Å²) in [5.41, 5.74) is 2.52. The minimum atomic E-state index is -0.486. The number of nitrogens with one attached hydrogen (secondary N) is 1. The molecule has 0 aliphatic rings. The molecule has 5 nitrogen and oxygen atoms in total. The summed E-state index contributed by atoms with van der Waals surface area (Å²) in [7, 11) is 0. The maximum absolute atomic E-state index is 10.1. The summed E-state index contributed by atoms with van der Waals surface area (Å²) in [5.74, 6) is 0.834. The van der Waals surface area contributed by atoms with E-state index in [0.29, 0.717) is 0 Å². The average Bonchev–Trinajstić information content (AvgIpc) is 2.53. The maximum Gasteiger partial charge on any atom is 0.235 e. The van der Waals surface area contributed by atoms with Crippen LogP contribution in [0.3, 0.4) is 0 Å². The van der Waals surface area contributed by atoms with E-state index in [0.717, 1.165) is 28.6 Å². The molecule has 0 fully saturated rings. The molecule has 0 saturated carbocycles. The largest absolute Gasteiger partial charge is 0.342 e. The third-order valence-electron chi connectivity index (χ3n) is 2.01. The number of hydrogen-bond donors (Lipinski definition) is 1. The number of aromatic amines is 1. The number of nitrogens with zero attached hydrogens (tertiary/aromatic N) is 2. The van der Waals surface area contributed by atoms with E-state index in [9.17, 15) is 10.1 Å². The van der Waals surface area contributed by atoms with Gasteiger partial charge in [-0.1, -0.05) is 6.07 Å². The molecular weight excluding hydrogens is 194 g/mol. The van der Waals surface area contributed by atoms with Gasteiger partial charge < -0.3 is 4.98 Å². The highest BCUT2D eigenvalue weighted by Crippen LogP contribution is 2.14. The summed E-state index contributed by atoms with van der Waals surface area (Å²) in [6.07, 6.45) is 2.37. The van der Waals surface area contributed by atoms with Crippen molar-refractivity contribution in [1.29, 1.82) is 0 Å². The number of benzene rings is 1. The number of nitro groups is 1. The first-order chi connectivity index (χ1) is 7.15. The molecule has 0 amide bonds. The summed E-state index contributed by atoms with van der Waals surface area (Å²) in [5, 5.41) is 10.1. The standard InChI is InChI=1S/C10H9N3O2/c1-7-11-9-3-2-8(4-5-13(14)15)6-10(9)12-7/h2-6H,1H3,(H,11,12)/b5-4+. The number of rotatable bonds is 2. The molecule has 0 saturated heterocycles. The number of hydrogen-bond acceptors (Lipinski definition) is 3. The summed E-state index contributed by atoms with van der Waals surface area (Å²) in [6.45, 7) is 1.87. The molecule has 0 unspecified atom stereocenters. The van der Waals surface area contributed by atoms with Crippen LogP contribution in [0.15, 0.2) is 24.4 Å². The highest BCUT2D eigenvalue weighted by Gasteiger charge is 1.99. The summed E-state index contributed by atoms with van der Waals surface area (Å²) < 4.78 is 0. The lowest BCUT2D eigenvalue weighted by atomic mass is 10.2. The van der Waals surface area contributed by atoms with Crippen molar-refractivity contribution in [2.45, 2.75) is 6.92 Å². The van der Waals surface area contributed by atoms with Crippen molar-refractivity contribution in [2.75, 3.05) is 0 Å². The second-order valence-corrected chi connectivity index (χ2v) is 3.20. The van der Waals surface area contributed by atoms with Gasteiger partial charge in [-0.2, -0.15) is 0 Å². The Labute approximate surface area is 85.6 Å². The monoisotopic (exact) mass is 203 g/mol. The number of H-pyrrole nitrogens is 1. The van der Waals surface area contributed by atoms with E-state index >= 15 is 0 Å². The minimum Gasteiger partial charge on any atom is -0.342 e. The molecule has 0 bridgehead atoms. The van der Waals surface area contributed by atoms with Gasteiger partial charge in [0.15, 0.2) is 0 Å². The Morgan fingerprint density at radius 3 is 3.07 bits per heavy atom. The van der Waals surface area contributed by atoms with Gasteiger partial charge in [0.2, 0.25) is 6.20 Å². The van der Waals surface area contributed by atoms with Crippen molar-refractivity contribution in [2.24, 2.45) is 0 Å². The zero-order valence-corrected chi connectivity index (χ0v) is 8.10. The van der Waals surface area contributed by atoms with E-state index in [-0.39, 0.29) is 0 Å². The van der Waals surface area contributed by atoms with Crippen LogP contribution < -0.4 is 0 Å². The highest BCUT2D eigenvalue weighted by molar-refractivity contribution is 5.78. The zero-order chi connectivity index (χ0) is 10.8. The third kappa shape index (κ3) is 2.01. The lowest BCUT2D eigenvalue weighted by molar-refractivity contribution is -0.400. The van der Waals surface area contributed by atoms with Gasteiger partial charge in [-0.3, -0.25) is 10.1 Å². The van der Waals surface area contributed by atoms with Gasteiger partial charge in [-0.15, -0.1) is 0 Å². The van der Waals surface area contributed by atoms with Crippen LogP contribution in [-0.4, -0.2) is 14.9 Å². The second kappa shape index (κ2) is 3.53. The first kappa shape index (κ1) is 9.39. The van der Waals surface area contributed by atoms with Crippen molar-refractivity contribution in [3.8, 4) is 0 Å². The topological polar surface area (TPSA) is 71.8 Å². The molecule has 2 aromatic rings. The molecule has 0 spiro atoms. The van der Waals surface area contributed by atoms with E-state index in [2.05, 4.69) is 9.97 Å². The van der Waals surface area contributed by atoms with Gasteiger partial charge >= 0.3 is 0 Å². The van der Waals surface area contributed by atoms with Crippen molar-refractivity contribution in [3.05, 3.63) is 45.9 Å². The van der Waals surface area contributed by atoms with E-state index < -0.39 is 4.92 Å². The first-order valence-electron chi connectivity index (χ1n) is 4.43. The van der Waals surface area contributed by atoms with Crippen molar-refractivity contribution in [1.82, 2.24) is 9.97 Å². The lowest BCUT2D eigenvalue weighted by Crippen LogP contribution is -1.82. The maximum atomic E-state index is 10.1. The highest BCUT2D eigenvalue weighted by atomic mass is 16.6. The Balaban J connectivity index is 2.42. The van der Waals surface area contributed by atoms with Crippen LogP contribution in [0.5, 0.6) is 0 Å². The van der Waals surface area contributed by atoms with Gasteiger partial charge in [0.25, 0.3) is 0 Å². The van der Waals surface area contributed by atoms with Gasteiger partial charge in [0.05, 0.1) is 16.0 Å². The number of fused-ring (bicyclic) bond motifs is 1. The summed E-state index contributed by atoms with van der Waals surface area (Å²) in [6, 6.07) is 5.47. The Kier molecular flexibility index (Phi) is 2.21. The molecule has 1 aromatic carbocycles. The SMILES string of the molecule is Cc1nc2cc(/C=C/[N+](=O)[O-])ccc2[nH]1. The molecule has 1 aromatic heterocycles. The zero-order valence-electron chi connectivity index (χ0n) is 8.10. The van der Waals surface area contributed by atoms with Gasteiger partial charge in [0.1, 0.15) is 5.82 Å². The van der Waals surface area contributed by atoms with Crippen molar-refractivity contribution in [3.63, 3.8) is 0 Å². The Bertz CT molecular complexity index is 543. The Hall–Kier alpha value is -2.17. The number of imidazole rings is 1. The quantitative estimate of drug-likeness (QED) is 0.600. The number of aryl methyl sites for hydroxylation is 1. The van der Waals surface area contributed by atoms with Crippen LogP contribution in [0.4, 0.5) is 0 Å². The first-order valence-corrected chi connectivity index (χ1v) is 4.43. The van der Waals surface area contributed by atoms with Crippen LogP contribution in [0, 0.1) is 17.0 Å². The Morgan fingerprint density at radius 2 is 2.33 bits per heavy atom. The van der Waals surface area contributed by atoms with E-state index in [1.165, 1.54) is 6.08 Å². The molecule has 0 radical (unpaired) electrons. The van der Waals surface area contributed by atoms with Crippen molar-refractivity contribution < 1.29 is 4.92 Å². The lowest BCUT2D eigenvalue weighted by Gasteiger charge is -1.91. The number of aromatic nitrogens is 2. The van der Waals surface area contributed by atoms with Crippen LogP contribution in [0.25, 0.3) is 17.1 Å². The van der Waals surface area contributed by atoms with Gasteiger partial charge in [-0.05, 0) is 24.6 Å². The van der Waals surface area contributed by atoms with E-state index in [4.69, 9.17) is 0 Å². The predicted molar refractivity (Wildman–Crippen MR) is 56.9 cm³/mol. The van der Waals surface area contributed by atoms with Gasteiger partial charge in [-0.25, -0.2) is 4.98 Å². The normalized spacial score (nSPS) is 11.3. The molecule has 1 heterocycles. The van der Waals surface area contributed by atoms with Crippen LogP contribution in [-0.2, 0) is 0 Å². The third-order valence-corrected chi connectivity index (χ3v) is 2.01.